The molecule has 1 amide bonds. The van der Waals surface area contributed by atoms with Crippen LogP contribution in [0.1, 0.15) is 284 Å². The van der Waals surface area contributed by atoms with Crippen molar-refractivity contribution in [3.8, 4) is 0 Å². The Morgan fingerprint density at radius 3 is 1.27 bits per heavy atom. The van der Waals surface area contributed by atoms with E-state index in [1.165, 1.54) is 199 Å². The predicted molar refractivity (Wildman–Crippen MR) is 260 cm³/mol. The van der Waals surface area contributed by atoms with Crippen LogP contribution in [0.4, 0.5) is 0 Å². The van der Waals surface area contributed by atoms with Gasteiger partial charge in [0.1, 0.15) is 0 Å². The summed E-state index contributed by atoms with van der Waals surface area (Å²) < 4.78 is 5.45. The molecule has 0 heterocycles. The van der Waals surface area contributed by atoms with Gasteiger partial charge >= 0.3 is 5.97 Å². The molecule has 0 saturated carbocycles. The van der Waals surface area contributed by atoms with E-state index in [4.69, 9.17) is 4.74 Å². The topological polar surface area (TPSA) is 95.9 Å². The van der Waals surface area contributed by atoms with Crippen molar-refractivity contribution in [1.82, 2.24) is 5.32 Å². The number of ether oxygens (including phenoxy) is 1. The van der Waals surface area contributed by atoms with E-state index >= 15 is 0 Å². The van der Waals surface area contributed by atoms with Crippen LogP contribution in [-0.4, -0.2) is 47.4 Å². The fourth-order valence-electron chi connectivity index (χ4n) is 8.14. The zero-order chi connectivity index (χ0) is 43.7. The first-order chi connectivity index (χ1) is 29.5. The number of carbonyl (C=O) groups is 2. The molecule has 0 aromatic rings. The van der Waals surface area contributed by atoms with Gasteiger partial charge in [0.25, 0.3) is 0 Å². The van der Waals surface area contributed by atoms with Crippen LogP contribution in [0.3, 0.4) is 0 Å². The van der Waals surface area contributed by atoms with Gasteiger partial charge in [-0.2, -0.15) is 0 Å². The molecule has 0 aliphatic carbocycles. The maximum Gasteiger partial charge on any atom is 0.305 e. The van der Waals surface area contributed by atoms with Crippen LogP contribution in [0.15, 0.2) is 24.3 Å². The second-order valence-corrected chi connectivity index (χ2v) is 18.2. The highest BCUT2D eigenvalue weighted by molar-refractivity contribution is 5.76. The van der Waals surface area contributed by atoms with Crippen molar-refractivity contribution >= 4 is 11.9 Å². The average Bonchev–Trinajstić information content (AvgIpc) is 3.25. The SMILES string of the molecule is CCCCCCCCCCCCCC(=O)OCCCCCCCCCCC/C=C\C/C=C\CCCCCCCCCC(=O)NC(CO)C(O)CCCCCCCCCCC. The summed E-state index contributed by atoms with van der Waals surface area (Å²) >= 11 is 0. The molecule has 0 rings (SSSR count). The zero-order valence-electron chi connectivity index (χ0n) is 40.2. The van der Waals surface area contributed by atoms with E-state index in [0.717, 1.165) is 51.4 Å². The van der Waals surface area contributed by atoms with Crippen LogP contribution >= 0.6 is 0 Å². The number of nitrogens with one attached hydrogen (secondary N) is 1. The Bertz CT molecular complexity index is 935. The lowest BCUT2D eigenvalue weighted by Gasteiger charge is -2.22. The molecule has 354 valence electrons. The summed E-state index contributed by atoms with van der Waals surface area (Å²) in [7, 11) is 0. The largest absolute Gasteiger partial charge is 0.466 e. The molecule has 6 nitrogen and oxygen atoms in total. The third kappa shape index (κ3) is 45.9. The van der Waals surface area contributed by atoms with Crippen molar-refractivity contribution < 1.29 is 24.5 Å². The molecule has 0 aliphatic heterocycles. The fourth-order valence-corrected chi connectivity index (χ4v) is 8.14. The number of esters is 1. The highest BCUT2D eigenvalue weighted by atomic mass is 16.5. The summed E-state index contributed by atoms with van der Waals surface area (Å²) in [5, 5.41) is 23.1. The first-order valence-corrected chi connectivity index (χ1v) is 26.6. The number of aliphatic hydroxyl groups is 2. The molecule has 0 bridgehead atoms. The Hall–Kier alpha value is -1.66. The van der Waals surface area contributed by atoms with Gasteiger partial charge in [0.05, 0.1) is 25.4 Å². The van der Waals surface area contributed by atoms with Crippen LogP contribution < -0.4 is 5.32 Å². The van der Waals surface area contributed by atoms with Gasteiger partial charge in [-0.05, 0) is 57.8 Å². The van der Waals surface area contributed by atoms with E-state index in [-0.39, 0.29) is 18.5 Å². The second-order valence-electron chi connectivity index (χ2n) is 18.2. The van der Waals surface area contributed by atoms with Crippen molar-refractivity contribution in [3.63, 3.8) is 0 Å². The number of allylic oxidation sites excluding steroid dienone is 4. The average molecular weight is 846 g/mol. The number of unbranched alkanes of at least 4 members (excludes halogenated alkanes) is 34. The number of rotatable bonds is 49. The molecule has 0 aliphatic rings. The van der Waals surface area contributed by atoms with E-state index in [9.17, 15) is 19.8 Å². The van der Waals surface area contributed by atoms with E-state index in [1.54, 1.807) is 0 Å². The van der Waals surface area contributed by atoms with E-state index in [0.29, 0.717) is 25.9 Å². The molecule has 0 fully saturated rings. The summed E-state index contributed by atoms with van der Waals surface area (Å²) in [5.74, 6) is -0.0416. The van der Waals surface area contributed by atoms with E-state index < -0.39 is 12.1 Å². The minimum absolute atomic E-state index is 0.00634. The van der Waals surface area contributed by atoms with Crippen molar-refractivity contribution in [1.29, 1.82) is 0 Å². The minimum atomic E-state index is -0.668. The van der Waals surface area contributed by atoms with Gasteiger partial charge in [0, 0.05) is 12.8 Å². The molecule has 2 unspecified atom stereocenters. The number of hydrogen-bond donors (Lipinski definition) is 3. The van der Waals surface area contributed by atoms with Crippen LogP contribution in [-0.2, 0) is 14.3 Å². The van der Waals surface area contributed by atoms with Crippen molar-refractivity contribution in [3.05, 3.63) is 24.3 Å². The van der Waals surface area contributed by atoms with Crippen LogP contribution in [0.25, 0.3) is 0 Å². The van der Waals surface area contributed by atoms with Crippen LogP contribution in [0.5, 0.6) is 0 Å². The molecular formula is C54H103NO5. The van der Waals surface area contributed by atoms with Gasteiger partial charge in [0.15, 0.2) is 0 Å². The normalized spacial score (nSPS) is 12.8. The van der Waals surface area contributed by atoms with Gasteiger partial charge in [-0.1, -0.05) is 237 Å². The van der Waals surface area contributed by atoms with Crippen molar-refractivity contribution in [2.24, 2.45) is 0 Å². The number of aliphatic hydroxyl groups excluding tert-OH is 2. The molecule has 0 saturated heterocycles. The Morgan fingerprint density at radius 2 is 0.833 bits per heavy atom. The molecule has 0 spiro atoms. The summed E-state index contributed by atoms with van der Waals surface area (Å²) in [5.41, 5.74) is 0. The van der Waals surface area contributed by atoms with Crippen LogP contribution in [0.2, 0.25) is 0 Å². The summed E-state index contributed by atoms with van der Waals surface area (Å²) in [6.45, 7) is 4.92. The summed E-state index contributed by atoms with van der Waals surface area (Å²) in [4.78, 5) is 24.4. The molecule has 6 heteroatoms. The maximum absolute atomic E-state index is 12.4. The molecule has 2 atom stereocenters. The Balaban J connectivity index is 3.43. The lowest BCUT2D eigenvalue weighted by Crippen LogP contribution is -2.45. The Kier molecular flexibility index (Phi) is 48.6. The van der Waals surface area contributed by atoms with E-state index in [1.807, 2.05) is 0 Å². The third-order valence-corrected chi connectivity index (χ3v) is 12.3. The molecule has 60 heavy (non-hydrogen) atoms. The first-order valence-electron chi connectivity index (χ1n) is 26.6. The lowest BCUT2D eigenvalue weighted by molar-refractivity contribution is -0.143. The molecule has 0 aromatic carbocycles. The molecular weight excluding hydrogens is 743 g/mol. The number of carbonyl (C=O) groups excluding carboxylic acids is 2. The monoisotopic (exact) mass is 846 g/mol. The lowest BCUT2D eigenvalue weighted by atomic mass is 10.0. The van der Waals surface area contributed by atoms with Gasteiger partial charge in [-0.15, -0.1) is 0 Å². The zero-order valence-corrected chi connectivity index (χ0v) is 40.2. The quantitative estimate of drug-likeness (QED) is 0.0322. The molecule has 0 radical (unpaired) electrons. The highest BCUT2D eigenvalue weighted by Crippen LogP contribution is 2.16. The summed E-state index contributed by atoms with van der Waals surface area (Å²) in [6, 6.07) is -0.546. The third-order valence-electron chi connectivity index (χ3n) is 12.3. The smallest absolute Gasteiger partial charge is 0.305 e. The number of amides is 1. The Labute approximate surface area is 373 Å². The maximum atomic E-state index is 12.4. The summed E-state index contributed by atoms with van der Waals surface area (Å²) in [6.07, 6.45) is 58.8. The fraction of sp³-hybridized carbons (Fsp3) is 0.889. The first kappa shape index (κ1) is 58.3. The van der Waals surface area contributed by atoms with Gasteiger partial charge in [-0.25, -0.2) is 0 Å². The molecule has 0 aromatic heterocycles. The van der Waals surface area contributed by atoms with E-state index in [2.05, 4.69) is 43.5 Å². The second kappa shape index (κ2) is 50.0. The van der Waals surface area contributed by atoms with Crippen LogP contribution in [0, 0.1) is 0 Å². The van der Waals surface area contributed by atoms with Gasteiger partial charge in [0.2, 0.25) is 5.91 Å². The number of hydrogen-bond acceptors (Lipinski definition) is 5. The van der Waals surface area contributed by atoms with Gasteiger partial charge < -0.3 is 20.3 Å². The predicted octanol–water partition coefficient (Wildman–Crippen LogP) is 15.9. The standard InChI is InChI=1S/C54H103NO5/c1-3-5-7-9-11-13-27-32-36-40-44-48-54(59)60-49-45-41-37-33-29-26-24-22-20-18-16-14-15-17-19-21-23-25-28-31-35-39-43-47-53(58)55-51(50-56)52(57)46-42-38-34-30-12-10-8-6-4-2/h14,16-17,19,51-52,56-57H,3-13,15,18,20-50H2,1-2H3,(H,55,58)/b16-14-,19-17-. The van der Waals surface area contributed by atoms with Gasteiger partial charge in [-0.3, -0.25) is 9.59 Å². The van der Waals surface area contributed by atoms with Crippen molar-refractivity contribution in [2.75, 3.05) is 13.2 Å². The minimum Gasteiger partial charge on any atom is -0.466 e. The highest BCUT2D eigenvalue weighted by Gasteiger charge is 2.20. The Morgan fingerprint density at radius 1 is 0.467 bits per heavy atom. The molecule has 3 N–H and O–H groups in total. The van der Waals surface area contributed by atoms with Crippen molar-refractivity contribution in [2.45, 2.75) is 296 Å².